The van der Waals surface area contributed by atoms with Gasteiger partial charge in [0.1, 0.15) is 11.2 Å². The standard InChI is InChI=1S/C52H32N4O/c1-3-15-34(16-4-1)55-46-26-10-7-19-36(46)39-22-13-24-41(50(39)55)44-32-45(54-52(53-44)33-29-30-49-43(31-33)38-21-9-12-28-48(38)57-49)42-25-14-23-40-37-20-8-11-27-47(37)56(51(40)42)35-17-5-2-6-18-35/h1-32H. The molecule has 12 aromatic rings. The van der Waals surface area contributed by atoms with Gasteiger partial charge in [0.25, 0.3) is 0 Å². The Morgan fingerprint density at radius 3 is 1.40 bits per heavy atom. The van der Waals surface area contributed by atoms with Gasteiger partial charge >= 0.3 is 0 Å². The van der Waals surface area contributed by atoms with Gasteiger partial charge in [0.15, 0.2) is 5.82 Å². The Labute approximate surface area is 327 Å². The minimum atomic E-state index is 0.647. The third-order valence-corrected chi connectivity index (χ3v) is 11.3. The third kappa shape index (κ3) is 4.82. The minimum Gasteiger partial charge on any atom is -0.456 e. The number of para-hydroxylation sites is 7. The first kappa shape index (κ1) is 31.6. The first-order valence-corrected chi connectivity index (χ1v) is 19.3. The highest BCUT2D eigenvalue weighted by Gasteiger charge is 2.22. The zero-order valence-electron chi connectivity index (χ0n) is 30.7. The van der Waals surface area contributed by atoms with Crippen LogP contribution in [0.5, 0.6) is 0 Å². The number of fused-ring (bicyclic) bond motifs is 9. The lowest BCUT2D eigenvalue weighted by atomic mass is 10.0. The molecule has 0 unspecified atom stereocenters. The van der Waals surface area contributed by atoms with Gasteiger partial charge in [-0.15, -0.1) is 0 Å². The summed E-state index contributed by atoms with van der Waals surface area (Å²) >= 11 is 0. The Bertz CT molecular complexity index is 3340. The van der Waals surface area contributed by atoms with Gasteiger partial charge in [-0.05, 0) is 66.7 Å². The fourth-order valence-corrected chi connectivity index (χ4v) is 8.86. The van der Waals surface area contributed by atoms with Crippen molar-refractivity contribution < 1.29 is 4.42 Å². The second kappa shape index (κ2) is 12.4. The van der Waals surface area contributed by atoms with Crippen LogP contribution in [-0.2, 0) is 0 Å². The summed E-state index contributed by atoms with van der Waals surface area (Å²) in [6.07, 6.45) is 0. The minimum absolute atomic E-state index is 0.647. The molecule has 0 radical (unpaired) electrons. The summed E-state index contributed by atoms with van der Waals surface area (Å²) < 4.78 is 11.0. The van der Waals surface area contributed by atoms with Crippen LogP contribution in [0.25, 0.3) is 111 Å². The Balaban J connectivity index is 1.19. The van der Waals surface area contributed by atoms with Crippen molar-refractivity contribution in [1.29, 1.82) is 0 Å². The van der Waals surface area contributed by atoms with Crippen LogP contribution in [0.3, 0.4) is 0 Å². The molecule has 0 fully saturated rings. The summed E-state index contributed by atoms with van der Waals surface area (Å²) in [5.74, 6) is 0.647. The van der Waals surface area contributed by atoms with E-state index in [-0.39, 0.29) is 0 Å². The highest BCUT2D eigenvalue weighted by Crippen LogP contribution is 2.42. The number of hydrogen-bond donors (Lipinski definition) is 0. The number of benzene rings is 8. The molecule has 5 nitrogen and oxygen atoms in total. The van der Waals surface area contributed by atoms with Crippen molar-refractivity contribution in [2.45, 2.75) is 0 Å². The van der Waals surface area contributed by atoms with E-state index in [9.17, 15) is 0 Å². The fourth-order valence-electron chi connectivity index (χ4n) is 8.86. The van der Waals surface area contributed by atoms with E-state index < -0.39 is 0 Å². The molecule has 4 heterocycles. The number of aromatic nitrogens is 4. The zero-order valence-corrected chi connectivity index (χ0v) is 30.7. The predicted molar refractivity (Wildman–Crippen MR) is 234 cm³/mol. The largest absolute Gasteiger partial charge is 0.456 e. The van der Waals surface area contributed by atoms with E-state index in [1.54, 1.807) is 0 Å². The summed E-state index contributed by atoms with van der Waals surface area (Å²) in [6, 6.07) is 68.3. The van der Waals surface area contributed by atoms with Gasteiger partial charge in [-0.3, -0.25) is 0 Å². The summed E-state index contributed by atoms with van der Waals surface area (Å²) in [5, 5.41) is 6.85. The monoisotopic (exact) mass is 728 g/mol. The van der Waals surface area contributed by atoms with Crippen LogP contribution < -0.4 is 0 Å². The second-order valence-corrected chi connectivity index (χ2v) is 14.6. The summed E-state index contributed by atoms with van der Waals surface area (Å²) in [4.78, 5) is 10.9. The lowest BCUT2D eigenvalue weighted by Crippen LogP contribution is -2.00. The maximum atomic E-state index is 6.25. The molecule has 0 spiro atoms. The lowest BCUT2D eigenvalue weighted by molar-refractivity contribution is 0.669. The molecular formula is C52H32N4O. The van der Waals surface area contributed by atoms with E-state index in [4.69, 9.17) is 14.4 Å². The average molecular weight is 729 g/mol. The van der Waals surface area contributed by atoms with E-state index in [0.29, 0.717) is 5.82 Å². The van der Waals surface area contributed by atoms with E-state index in [1.807, 2.05) is 18.2 Å². The predicted octanol–water partition coefficient (Wildman–Crippen LogP) is 13.6. The molecule has 266 valence electrons. The van der Waals surface area contributed by atoms with Crippen LogP contribution in [0.1, 0.15) is 0 Å². The molecule has 0 aliphatic carbocycles. The van der Waals surface area contributed by atoms with Crippen molar-refractivity contribution in [3.8, 4) is 45.3 Å². The maximum Gasteiger partial charge on any atom is 0.160 e. The first-order valence-electron chi connectivity index (χ1n) is 19.3. The van der Waals surface area contributed by atoms with Crippen LogP contribution >= 0.6 is 0 Å². The summed E-state index contributed by atoms with van der Waals surface area (Å²) in [7, 11) is 0. The van der Waals surface area contributed by atoms with Gasteiger partial charge in [-0.2, -0.15) is 0 Å². The molecule has 0 saturated carbocycles. The van der Waals surface area contributed by atoms with Crippen LogP contribution in [-0.4, -0.2) is 19.1 Å². The molecule has 0 saturated heterocycles. The Morgan fingerprint density at radius 2 is 0.825 bits per heavy atom. The molecule has 57 heavy (non-hydrogen) atoms. The van der Waals surface area contributed by atoms with E-state index in [2.05, 4.69) is 185 Å². The van der Waals surface area contributed by atoms with Gasteiger partial charge in [0, 0.05) is 60.4 Å². The van der Waals surface area contributed by atoms with Crippen molar-refractivity contribution in [2.24, 2.45) is 0 Å². The van der Waals surface area contributed by atoms with Crippen molar-refractivity contribution in [1.82, 2.24) is 19.1 Å². The first-order chi connectivity index (χ1) is 28.3. The van der Waals surface area contributed by atoms with E-state index >= 15 is 0 Å². The van der Waals surface area contributed by atoms with Crippen molar-refractivity contribution in [3.63, 3.8) is 0 Å². The molecule has 0 aliphatic rings. The van der Waals surface area contributed by atoms with Gasteiger partial charge in [-0.25, -0.2) is 9.97 Å². The molecule has 0 N–H and O–H groups in total. The summed E-state index contributed by atoms with van der Waals surface area (Å²) in [6.45, 7) is 0. The molecule has 8 aromatic carbocycles. The van der Waals surface area contributed by atoms with E-state index in [0.717, 1.165) is 83.5 Å². The zero-order chi connectivity index (χ0) is 37.5. The normalized spacial score (nSPS) is 11.9. The van der Waals surface area contributed by atoms with Gasteiger partial charge in [0.2, 0.25) is 0 Å². The van der Waals surface area contributed by atoms with Crippen LogP contribution in [0.4, 0.5) is 0 Å². The Morgan fingerprint density at radius 1 is 0.351 bits per heavy atom. The fraction of sp³-hybridized carbons (Fsp3) is 0. The van der Waals surface area contributed by atoms with Gasteiger partial charge in [-0.1, -0.05) is 127 Å². The SMILES string of the molecule is c1ccc(-n2c3ccccc3c3cccc(-c4cc(-c5cccc6c7ccccc7n(-c7ccccc7)c56)nc(-c5ccc6oc7ccccc7c6c5)n4)c32)cc1. The molecule has 0 aliphatic heterocycles. The maximum absolute atomic E-state index is 6.25. The van der Waals surface area contributed by atoms with Crippen molar-refractivity contribution in [2.75, 3.05) is 0 Å². The number of furan rings is 1. The number of hydrogen-bond acceptors (Lipinski definition) is 3. The second-order valence-electron chi connectivity index (χ2n) is 14.6. The Hall–Kier alpha value is -7.76. The molecule has 0 bridgehead atoms. The molecule has 0 atom stereocenters. The topological polar surface area (TPSA) is 48.8 Å². The van der Waals surface area contributed by atoms with E-state index in [1.165, 1.54) is 21.5 Å². The quantitative estimate of drug-likeness (QED) is 0.177. The molecule has 12 rings (SSSR count). The lowest BCUT2D eigenvalue weighted by Gasteiger charge is -2.15. The molecular weight excluding hydrogens is 697 g/mol. The van der Waals surface area contributed by atoms with Crippen LogP contribution in [0.2, 0.25) is 0 Å². The highest BCUT2D eigenvalue weighted by molar-refractivity contribution is 6.15. The van der Waals surface area contributed by atoms with Gasteiger partial charge in [0.05, 0.1) is 33.5 Å². The smallest absolute Gasteiger partial charge is 0.160 e. The third-order valence-electron chi connectivity index (χ3n) is 11.3. The van der Waals surface area contributed by atoms with Crippen LogP contribution in [0, 0.1) is 0 Å². The van der Waals surface area contributed by atoms with Crippen molar-refractivity contribution >= 4 is 65.6 Å². The van der Waals surface area contributed by atoms with Crippen LogP contribution in [0.15, 0.2) is 199 Å². The molecule has 5 heteroatoms. The molecule has 4 aromatic heterocycles. The number of rotatable bonds is 5. The average Bonchev–Trinajstić information content (AvgIpc) is 3.94. The van der Waals surface area contributed by atoms with Crippen molar-refractivity contribution in [3.05, 3.63) is 194 Å². The Kier molecular flexibility index (Phi) is 6.86. The highest BCUT2D eigenvalue weighted by atomic mass is 16.3. The number of nitrogens with zero attached hydrogens (tertiary/aromatic N) is 4. The summed E-state index contributed by atoms with van der Waals surface area (Å²) in [5.41, 5.74) is 13.1. The molecule has 0 amide bonds. The van der Waals surface area contributed by atoms with Gasteiger partial charge < -0.3 is 13.6 Å².